The first-order chi connectivity index (χ1) is 12.2. The Hall–Kier alpha value is -2.66. The monoisotopic (exact) mass is 395 g/mol. The van der Waals surface area contributed by atoms with Gasteiger partial charge in [0.25, 0.3) is 5.91 Å². The molecule has 0 saturated carbocycles. The minimum absolute atomic E-state index is 0.181. The number of anilines is 3. The lowest BCUT2D eigenvalue weighted by Gasteiger charge is -2.22. The highest BCUT2D eigenvalue weighted by Crippen LogP contribution is 2.23. The molecule has 1 amide bonds. The van der Waals surface area contributed by atoms with E-state index in [0.29, 0.717) is 5.56 Å². The SMILES string of the molecule is CCN(c1ccccc1)c1ccc(C(=O)Nc2cccc(Br)c2)cn1. The highest BCUT2D eigenvalue weighted by atomic mass is 79.9. The molecule has 3 aromatic rings. The van der Waals surface area contributed by atoms with Crippen molar-refractivity contribution in [3.8, 4) is 0 Å². The van der Waals surface area contributed by atoms with Gasteiger partial charge in [0.1, 0.15) is 5.82 Å². The zero-order chi connectivity index (χ0) is 17.6. The fourth-order valence-corrected chi connectivity index (χ4v) is 2.93. The number of benzene rings is 2. The topological polar surface area (TPSA) is 45.2 Å². The Kier molecular flexibility index (Phi) is 5.46. The molecule has 3 rings (SSSR count). The Morgan fingerprint density at radius 1 is 1.08 bits per heavy atom. The van der Waals surface area contributed by atoms with Crippen LogP contribution in [0.25, 0.3) is 0 Å². The summed E-state index contributed by atoms with van der Waals surface area (Å²) in [6, 6.07) is 21.2. The van der Waals surface area contributed by atoms with Crippen LogP contribution in [0.2, 0.25) is 0 Å². The normalized spacial score (nSPS) is 10.3. The summed E-state index contributed by atoms with van der Waals surface area (Å²) in [5.41, 5.74) is 2.33. The molecular formula is C20H18BrN3O. The summed E-state index contributed by atoms with van der Waals surface area (Å²) >= 11 is 3.39. The molecule has 4 nitrogen and oxygen atoms in total. The number of carbonyl (C=O) groups is 1. The molecule has 126 valence electrons. The molecule has 1 heterocycles. The van der Waals surface area contributed by atoms with Gasteiger partial charge in [0.15, 0.2) is 0 Å². The third-order valence-electron chi connectivity index (χ3n) is 3.75. The lowest BCUT2D eigenvalue weighted by Crippen LogP contribution is -2.18. The Morgan fingerprint density at radius 3 is 2.52 bits per heavy atom. The summed E-state index contributed by atoms with van der Waals surface area (Å²) in [5, 5.41) is 2.87. The van der Waals surface area contributed by atoms with E-state index >= 15 is 0 Å². The lowest BCUT2D eigenvalue weighted by molar-refractivity contribution is 0.102. The summed E-state index contributed by atoms with van der Waals surface area (Å²) in [7, 11) is 0. The number of hydrogen-bond donors (Lipinski definition) is 1. The first-order valence-electron chi connectivity index (χ1n) is 8.03. The molecule has 5 heteroatoms. The van der Waals surface area contributed by atoms with Crippen molar-refractivity contribution in [2.24, 2.45) is 0 Å². The van der Waals surface area contributed by atoms with E-state index in [1.54, 1.807) is 12.3 Å². The van der Waals surface area contributed by atoms with E-state index in [2.05, 4.69) is 38.1 Å². The number of nitrogens with zero attached hydrogens (tertiary/aromatic N) is 2. The second-order valence-corrected chi connectivity index (χ2v) is 6.37. The highest BCUT2D eigenvalue weighted by molar-refractivity contribution is 9.10. The number of halogens is 1. The van der Waals surface area contributed by atoms with Crippen LogP contribution in [0, 0.1) is 0 Å². The van der Waals surface area contributed by atoms with Gasteiger partial charge in [0.2, 0.25) is 0 Å². The smallest absolute Gasteiger partial charge is 0.257 e. The maximum absolute atomic E-state index is 12.4. The van der Waals surface area contributed by atoms with Crippen molar-refractivity contribution in [2.45, 2.75) is 6.92 Å². The molecule has 1 aromatic heterocycles. The molecule has 0 aliphatic carbocycles. The van der Waals surface area contributed by atoms with Crippen molar-refractivity contribution in [1.82, 2.24) is 4.98 Å². The number of amides is 1. The number of rotatable bonds is 5. The minimum atomic E-state index is -0.181. The Bertz CT molecular complexity index is 850. The minimum Gasteiger partial charge on any atom is -0.327 e. The van der Waals surface area contributed by atoms with Crippen LogP contribution in [0.4, 0.5) is 17.2 Å². The van der Waals surface area contributed by atoms with Crippen molar-refractivity contribution < 1.29 is 4.79 Å². The summed E-state index contributed by atoms with van der Waals surface area (Å²) < 4.78 is 0.917. The number of aromatic nitrogens is 1. The first kappa shape index (κ1) is 17.2. The number of nitrogens with one attached hydrogen (secondary N) is 1. The van der Waals surface area contributed by atoms with E-state index in [1.165, 1.54) is 0 Å². The molecule has 0 aliphatic rings. The van der Waals surface area contributed by atoms with Gasteiger partial charge in [0.05, 0.1) is 5.56 Å². The van der Waals surface area contributed by atoms with Gasteiger partial charge >= 0.3 is 0 Å². The van der Waals surface area contributed by atoms with E-state index in [1.807, 2.05) is 60.7 Å². The van der Waals surface area contributed by atoms with Crippen LogP contribution in [0.15, 0.2) is 77.4 Å². The van der Waals surface area contributed by atoms with Gasteiger partial charge in [-0.1, -0.05) is 40.2 Å². The third-order valence-corrected chi connectivity index (χ3v) is 4.25. The molecule has 2 aromatic carbocycles. The molecule has 0 atom stereocenters. The molecular weight excluding hydrogens is 378 g/mol. The van der Waals surface area contributed by atoms with Gasteiger partial charge in [0, 0.05) is 28.6 Å². The maximum Gasteiger partial charge on any atom is 0.257 e. The van der Waals surface area contributed by atoms with Gasteiger partial charge in [-0.15, -0.1) is 0 Å². The Morgan fingerprint density at radius 2 is 1.88 bits per heavy atom. The summed E-state index contributed by atoms with van der Waals surface area (Å²) in [5.74, 6) is 0.632. The van der Waals surface area contributed by atoms with Crippen LogP contribution in [0.1, 0.15) is 17.3 Å². The number of pyridine rings is 1. The molecule has 1 N–H and O–H groups in total. The zero-order valence-corrected chi connectivity index (χ0v) is 15.4. The molecule has 0 fully saturated rings. The van der Waals surface area contributed by atoms with E-state index in [0.717, 1.165) is 28.2 Å². The Labute approximate surface area is 155 Å². The molecule has 0 aliphatic heterocycles. The highest BCUT2D eigenvalue weighted by Gasteiger charge is 2.11. The van der Waals surface area contributed by atoms with Crippen LogP contribution >= 0.6 is 15.9 Å². The molecule has 25 heavy (non-hydrogen) atoms. The number of hydrogen-bond acceptors (Lipinski definition) is 3. The van der Waals surface area contributed by atoms with Crippen molar-refractivity contribution in [3.63, 3.8) is 0 Å². The standard InChI is InChI=1S/C20H18BrN3O/c1-2-24(18-9-4-3-5-10-18)19-12-11-15(14-22-19)20(25)23-17-8-6-7-16(21)13-17/h3-14H,2H2,1H3,(H,23,25). The number of carbonyl (C=O) groups excluding carboxylic acids is 1. The fourth-order valence-electron chi connectivity index (χ4n) is 2.53. The predicted octanol–water partition coefficient (Wildman–Crippen LogP) is 5.25. The van der Waals surface area contributed by atoms with Crippen molar-refractivity contribution in [1.29, 1.82) is 0 Å². The Balaban J connectivity index is 1.76. The van der Waals surface area contributed by atoms with Crippen molar-refractivity contribution in [2.75, 3.05) is 16.8 Å². The van der Waals surface area contributed by atoms with Gasteiger partial charge in [-0.25, -0.2) is 4.98 Å². The molecule has 0 bridgehead atoms. The maximum atomic E-state index is 12.4. The quantitative estimate of drug-likeness (QED) is 0.640. The summed E-state index contributed by atoms with van der Waals surface area (Å²) in [4.78, 5) is 18.9. The molecule has 0 spiro atoms. The fraction of sp³-hybridized carbons (Fsp3) is 0.100. The second-order valence-electron chi connectivity index (χ2n) is 5.45. The van der Waals surface area contributed by atoms with E-state index < -0.39 is 0 Å². The van der Waals surface area contributed by atoms with Crippen LogP contribution in [0.3, 0.4) is 0 Å². The molecule has 0 saturated heterocycles. The first-order valence-corrected chi connectivity index (χ1v) is 8.82. The van der Waals surface area contributed by atoms with Gasteiger partial charge in [-0.3, -0.25) is 4.79 Å². The van der Waals surface area contributed by atoms with Crippen LogP contribution in [0.5, 0.6) is 0 Å². The largest absolute Gasteiger partial charge is 0.327 e. The lowest BCUT2D eigenvalue weighted by atomic mass is 10.2. The summed E-state index contributed by atoms with van der Waals surface area (Å²) in [6.45, 7) is 2.86. The van der Waals surface area contributed by atoms with Crippen molar-refractivity contribution >= 4 is 39.0 Å². The van der Waals surface area contributed by atoms with Crippen LogP contribution < -0.4 is 10.2 Å². The van der Waals surface area contributed by atoms with Gasteiger partial charge in [-0.2, -0.15) is 0 Å². The molecule has 0 radical (unpaired) electrons. The van der Waals surface area contributed by atoms with Crippen LogP contribution in [-0.4, -0.2) is 17.4 Å². The second kappa shape index (κ2) is 7.94. The number of para-hydroxylation sites is 1. The molecule has 0 unspecified atom stereocenters. The van der Waals surface area contributed by atoms with E-state index in [9.17, 15) is 4.79 Å². The zero-order valence-electron chi connectivity index (χ0n) is 13.8. The van der Waals surface area contributed by atoms with Gasteiger partial charge in [-0.05, 0) is 49.4 Å². The van der Waals surface area contributed by atoms with E-state index in [-0.39, 0.29) is 5.91 Å². The third kappa shape index (κ3) is 4.25. The average molecular weight is 396 g/mol. The van der Waals surface area contributed by atoms with Crippen LogP contribution in [-0.2, 0) is 0 Å². The van der Waals surface area contributed by atoms with Crippen molar-refractivity contribution in [3.05, 3.63) is 83.0 Å². The average Bonchev–Trinajstić information content (AvgIpc) is 2.64. The summed E-state index contributed by atoms with van der Waals surface area (Å²) in [6.07, 6.45) is 1.61. The predicted molar refractivity (Wildman–Crippen MR) is 105 cm³/mol. The van der Waals surface area contributed by atoms with E-state index in [4.69, 9.17) is 0 Å². The van der Waals surface area contributed by atoms with Gasteiger partial charge < -0.3 is 10.2 Å².